The summed E-state index contributed by atoms with van der Waals surface area (Å²) < 4.78 is 1.67. The molecule has 4 heteroatoms. The molecule has 0 aromatic heterocycles. The highest BCUT2D eigenvalue weighted by molar-refractivity contribution is 14.1. The molecule has 1 aromatic carbocycles. The van der Waals surface area contributed by atoms with Gasteiger partial charge in [-0.2, -0.15) is 0 Å². The summed E-state index contributed by atoms with van der Waals surface area (Å²) in [5.74, 6) is 0.334. The number of nitrogens with two attached hydrogens (primary N) is 1. The van der Waals surface area contributed by atoms with Gasteiger partial charge in [0.25, 0.3) is 0 Å². The summed E-state index contributed by atoms with van der Waals surface area (Å²) >= 11 is 4.20. The third-order valence-electron chi connectivity index (χ3n) is 1.89. The Morgan fingerprint density at radius 1 is 1.43 bits per heavy atom. The molecule has 0 saturated carbocycles. The highest BCUT2D eigenvalue weighted by Gasteiger charge is 2.10. The second-order valence-corrected chi connectivity index (χ2v) is 5.29. The number of benzene rings is 1. The number of aromatic hydroxyl groups is 1. The van der Waals surface area contributed by atoms with Gasteiger partial charge in [0.2, 0.25) is 0 Å². The molecule has 0 spiro atoms. The molecule has 3 N–H and O–H groups in total. The van der Waals surface area contributed by atoms with Crippen molar-refractivity contribution in [2.24, 2.45) is 5.73 Å². The molecule has 0 amide bonds. The molecule has 0 radical (unpaired) electrons. The third-order valence-corrected chi connectivity index (χ3v) is 3.53. The lowest BCUT2D eigenvalue weighted by atomic mass is 10.1. The fourth-order valence-corrected chi connectivity index (χ4v) is 2.93. The van der Waals surface area contributed by atoms with E-state index in [0.717, 1.165) is 19.1 Å². The van der Waals surface area contributed by atoms with E-state index in [0.29, 0.717) is 5.75 Å². The molecular formula is C10H11I2NO. The van der Waals surface area contributed by atoms with Gasteiger partial charge in [-0.15, -0.1) is 6.58 Å². The second kappa shape index (κ2) is 5.32. The summed E-state index contributed by atoms with van der Waals surface area (Å²) in [6.45, 7) is 3.66. The minimum absolute atomic E-state index is 0.0323. The van der Waals surface area contributed by atoms with E-state index in [-0.39, 0.29) is 6.04 Å². The van der Waals surface area contributed by atoms with Crippen LogP contribution < -0.4 is 5.73 Å². The van der Waals surface area contributed by atoms with Gasteiger partial charge in [0.1, 0.15) is 5.75 Å². The predicted molar refractivity (Wildman–Crippen MR) is 75.3 cm³/mol. The van der Waals surface area contributed by atoms with Gasteiger partial charge in [-0.05, 0) is 69.3 Å². The fraction of sp³-hybridized carbons (Fsp3) is 0.200. The number of hydrogen-bond acceptors (Lipinski definition) is 2. The highest BCUT2D eigenvalue weighted by Crippen LogP contribution is 2.29. The Morgan fingerprint density at radius 2 is 1.93 bits per heavy atom. The van der Waals surface area contributed by atoms with Crippen LogP contribution in [0.5, 0.6) is 5.75 Å². The zero-order valence-electron chi connectivity index (χ0n) is 7.50. The standard InChI is InChI=1S/C10H11I2NO/c1-2-3-9(13)6-4-7(11)10(14)8(12)5-6/h2,4-5,9,14H,1,3,13H2/t9-/m0/s1. The first-order valence-corrected chi connectivity index (χ1v) is 6.26. The van der Waals surface area contributed by atoms with Gasteiger partial charge in [0.05, 0.1) is 7.14 Å². The Balaban J connectivity index is 3.05. The van der Waals surface area contributed by atoms with Gasteiger partial charge in [0.15, 0.2) is 0 Å². The molecule has 0 fully saturated rings. The van der Waals surface area contributed by atoms with Crippen molar-refractivity contribution in [3.63, 3.8) is 0 Å². The van der Waals surface area contributed by atoms with Gasteiger partial charge >= 0.3 is 0 Å². The quantitative estimate of drug-likeness (QED) is 0.589. The molecule has 0 unspecified atom stereocenters. The number of phenols is 1. The van der Waals surface area contributed by atoms with Crippen LogP contribution in [-0.2, 0) is 0 Å². The summed E-state index contributed by atoms with van der Waals surface area (Å²) in [6, 6.07) is 3.79. The summed E-state index contributed by atoms with van der Waals surface area (Å²) in [4.78, 5) is 0. The van der Waals surface area contributed by atoms with Crippen molar-refractivity contribution in [2.45, 2.75) is 12.5 Å². The summed E-state index contributed by atoms with van der Waals surface area (Å²) in [5.41, 5.74) is 6.97. The fourth-order valence-electron chi connectivity index (χ4n) is 1.11. The maximum Gasteiger partial charge on any atom is 0.142 e. The molecule has 0 aliphatic heterocycles. The first-order chi connectivity index (χ1) is 6.56. The lowest BCUT2D eigenvalue weighted by Crippen LogP contribution is -2.09. The molecule has 76 valence electrons. The van der Waals surface area contributed by atoms with Crippen LogP contribution in [0.15, 0.2) is 24.8 Å². The maximum atomic E-state index is 9.57. The van der Waals surface area contributed by atoms with E-state index in [1.165, 1.54) is 0 Å². The van der Waals surface area contributed by atoms with Crippen LogP contribution in [-0.4, -0.2) is 5.11 Å². The molecular weight excluding hydrogens is 404 g/mol. The Morgan fingerprint density at radius 3 is 2.36 bits per heavy atom. The van der Waals surface area contributed by atoms with Crippen LogP contribution >= 0.6 is 45.2 Å². The van der Waals surface area contributed by atoms with Gasteiger partial charge in [-0.3, -0.25) is 0 Å². The van der Waals surface area contributed by atoms with Crippen molar-refractivity contribution in [3.05, 3.63) is 37.5 Å². The third kappa shape index (κ3) is 2.83. The van der Waals surface area contributed by atoms with Crippen LogP contribution in [0.25, 0.3) is 0 Å². The zero-order chi connectivity index (χ0) is 10.7. The van der Waals surface area contributed by atoms with Crippen LogP contribution in [0.1, 0.15) is 18.0 Å². The van der Waals surface area contributed by atoms with E-state index in [4.69, 9.17) is 5.73 Å². The van der Waals surface area contributed by atoms with Gasteiger partial charge in [-0.25, -0.2) is 0 Å². The second-order valence-electron chi connectivity index (χ2n) is 2.96. The van der Waals surface area contributed by atoms with E-state index >= 15 is 0 Å². The number of hydrogen-bond donors (Lipinski definition) is 2. The topological polar surface area (TPSA) is 46.2 Å². The Hall–Kier alpha value is 0.180. The van der Waals surface area contributed by atoms with E-state index < -0.39 is 0 Å². The summed E-state index contributed by atoms with van der Waals surface area (Å²) in [7, 11) is 0. The molecule has 14 heavy (non-hydrogen) atoms. The smallest absolute Gasteiger partial charge is 0.142 e. The average molecular weight is 415 g/mol. The van der Waals surface area contributed by atoms with E-state index in [1.54, 1.807) is 6.08 Å². The van der Waals surface area contributed by atoms with Crippen LogP contribution in [0.4, 0.5) is 0 Å². The van der Waals surface area contributed by atoms with Crippen LogP contribution in [0.3, 0.4) is 0 Å². The number of rotatable bonds is 3. The molecule has 2 nitrogen and oxygen atoms in total. The van der Waals surface area contributed by atoms with Gasteiger partial charge < -0.3 is 10.8 Å². The SMILES string of the molecule is C=CC[C@H](N)c1cc(I)c(O)c(I)c1. The van der Waals surface area contributed by atoms with Crippen molar-refractivity contribution in [1.82, 2.24) is 0 Å². The van der Waals surface area contributed by atoms with Gasteiger partial charge in [0, 0.05) is 6.04 Å². The van der Waals surface area contributed by atoms with Crippen LogP contribution in [0.2, 0.25) is 0 Å². The number of phenolic OH excluding ortho intramolecular Hbond substituents is 1. The molecule has 0 aliphatic carbocycles. The molecule has 1 aromatic rings. The van der Waals surface area contributed by atoms with Crippen LogP contribution in [0, 0.1) is 7.14 Å². The number of halogens is 2. The first-order valence-electron chi connectivity index (χ1n) is 4.10. The molecule has 0 aliphatic rings. The monoisotopic (exact) mass is 415 g/mol. The Labute approximate surface area is 111 Å². The Kier molecular flexibility index (Phi) is 4.65. The molecule has 0 saturated heterocycles. The summed E-state index contributed by atoms with van der Waals surface area (Å²) in [5, 5.41) is 9.57. The first kappa shape index (κ1) is 12.3. The maximum absolute atomic E-state index is 9.57. The lowest BCUT2D eigenvalue weighted by Gasteiger charge is -2.11. The minimum atomic E-state index is -0.0323. The van der Waals surface area contributed by atoms with E-state index in [2.05, 4.69) is 51.8 Å². The lowest BCUT2D eigenvalue weighted by molar-refractivity contribution is 0.467. The van der Waals surface area contributed by atoms with Crippen molar-refractivity contribution in [3.8, 4) is 5.75 Å². The predicted octanol–water partition coefficient (Wildman–Crippen LogP) is 3.18. The molecule has 0 bridgehead atoms. The average Bonchev–Trinajstić information content (AvgIpc) is 2.13. The zero-order valence-corrected chi connectivity index (χ0v) is 11.8. The molecule has 1 atom stereocenters. The van der Waals surface area contributed by atoms with Crippen molar-refractivity contribution in [1.29, 1.82) is 0 Å². The molecule has 1 rings (SSSR count). The van der Waals surface area contributed by atoms with Gasteiger partial charge in [-0.1, -0.05) is 6.08 Å². The van der Waals surface area contributed by atoms with Crippen molar-refractivity contribution >= 4 is 45.2 Å². The van der Waals surface area contributed by atoms with Crippen molar-refractivity contribution < 1.29 is 5.11 Å². The highest BCUT2D eigenvalue weighted by atomic mass is 127. The van der Waals surface area contributed by atoms with E-state index in [9.17, 15) is 5.11 Å². The Bertz CT molecular complexity index is 329. The van der Waals surface area contributed by atoms with Crippen molar-refractivity contribution in [2.75, 3.05) is 0 Å². The largest absolute Gasteiger partial charge is 0.506 e. The molecule has 0 heterocycles. The van der Waals surface area contributed by atoms with E-state index in [1.807, 2.05) is 12.1 Å². The normalized spacial score (nSPS) is 12.5. The minimum Gasteiger partial charge on any atom is -0.506 e. The summed E-state index contributed by atoms with van der Waals surface area (Å²) in [6.07, 6.45) is 2.55.